The van der Waals surface area contributed by atoms with Crippen LogP contribution in [0.2, 0.25) is 0 Å². The van der Waals surface area contributed by atoms with E-state index in [-0.39, 0.29) is 0 Å². The van der Waals surface area contributed by atoms with Crippen molar-refractivity contribution in [3.63, 3.8) is 0 Å². The van der Waals surface area contributed by atoms with E-state index in [1.165, 1.54) is 50.5 Å². The highest BCUT2D eigenvalue weighted by Crippen LogP contribution is 2.34. The smallest absolute Gasteiger partial charge is 0.00203 e. The molecule has 0 aliphatic heterocycles. The highest BCUT2D eigenvalue weighted by atomic mass is 14.2. The molecule has 0 saturated carbocycles. The van der Waals surface area contributed by atoms with Gasteiger partial charge in [0.1, 0.15) is 0 Å². The van der Waals surface area contributed by atoms with Crippen molar-refractivity contribution in [2.24, 2.45) is 5.92 Å². The van der Waals surface area contributed by atoms with Gasteiger partial charge < -0.3 is 0 Å². The predicted molar refractivity (Wildman–Crippen MR) is 66.8 cm³/mol. The third-order valence-electron chi connectivity index (χ3n) is 3.77. The molecule has 2 aliphatic rings. The van der Waals surface area contributed by atoms with Crippen LogP contribution in [0.3, 0.4) is 0 Å². The van der Waals surface area contributed by atoms with Crippen molar-refractivity contribution in [2.45, 2.75) is 51.9 Å². The lowest BCUT2D eigenvalue weighted by Crippen LogP contribution is -1.95. The minimum atomic E-state index is 0.707. The summed E-state index contributed by atoms with van der Waals surface area (Å²) in [6, 6.07) is 0. The maximum atomic E-state index is 4.25. The van der Waals surface area contributed by atoms with Gasteiger partial charge in [0.15, 0.2) is 0 Å². The van der Waals surface area contributed by atoms with Crippen LogP contribution < -0.4 is 0 Å². The number of allylic oxidation sites excluding steroid dienone is 5. The topological polar surface area (TPSA) is 0 Å². The maximum absolute atomic E-state index is 4.25. The Balaban J connectivity index is 2.08. The summed E-state index contributed by atoms with van der Waals surface area (Å²) in [7, 11) is 0. The molecule has 82 valence electrons. The SMILES string of the molecule is C=C1CCC/C=C(\C)CCC2=C[C@H]1CC2. The standard InChI is InChI=1S/C15H22/c1-12-5-3-4-6-13(2)15-10-9-14(11-15)8-7-12/h5,11,15H,2-4,6-10H2,1H3/b12-5+/t15-/m1/s1. The van der Waals surface area contributed by atoms with Crippen molar-refractivity contribution in [2.75, 3.05) is 0 Å². The molecule has 0 spiro atoms. The fourth-order valence-electron chi connectivity index (χ4n) is 2.65. The first-order chi connectivity index (χ1) is 7.25. The molecule has 2 bridgehead atoms. The highest BCUT2D eigenvalue weighted by Gasteiger charge is 2.18. The molecule has 0 heterocycles. The number of hydrogen-bond donors (Lipinski definition) is 0. The van der Waals surface area contributed by atoms with Gasteiger partial charge in [-0.1, -0.05) is 35.5 Å². The second kappa shape index (κ2) is 4.83. The van der Waals surface area contributed by atoms with Crippen molar-refractivity contribution < 1.29 is 0 Å². The predicted octanol–water partition coefficient (Wildman–Crippen LogP) is 4.79. The molecule has 0 unspecified atom stereocenters. The molecular formula is C15H22. The van der Waals surface area contributed by atoms with E-state index in [9.17, 15) is 0 Å². The van der Waals surface area contributed by atoms with Gasteiger partial charge in [-0.3, -0.25) is 0 Å². The average molecular weight is 202 g/mol. The van der Waals surface area contributed by atoms with Crippen LogP contribution in [0.1, 0.15) is 51.9 Å². The van der Waals surface area contributed by atoms with E-state index in [0.29, 0.717) is 5.92 Å². The number of hydrogen-bond acceptors (Lipinski definition) is 0. The fourth-order valence-corrected chi connectivity index (χ4v) is 2.65. The second-order valence-corrected chi connectivity index (χ2v) is 5.07. The van der Waals surface area contributed by atoms with Gasteiger partial charge >= 0.3 is 0 Å². The summed E-state index contributed by atoms with van der Waals surface area (Å²) in [5.74, 6) is 0.707. The Hall–Kier alpha value is -0.780. The van der Waals surface area contributed by atoms with E-state index in [2.05, 4.69) is 25.7 Å². The molecular weight excluding hydrogens is 180 g/mol. The molecule has 0 aromatic rings. The molecule has 0 aromatic heterocycles. The highest BCUT2D eigenvalue weighted by molar-refractivity contribution is 5.22. The van der Waals surface area contributed by atoms with Gasteiger partial charge in [0.2, 0.25) is 0 Å². The van der Waals surface area contributed by atoms with Crippen LogP contribution in [-0.2, 0) is 0 Å². The summed E-state index contributed by atoms with van der Waals surface area (Å²) >= 11 is 0. The molecule has 0 heteroatoms. The van der Waals surface area contributed by atoms with Crippen molar-refractivity contribution >= 4 is 0 Å². The van der Waals surface area contributed by atoms with E-state index in [1.807, 2.05) is 0 Å². The van der Waals surface area contributed by atoms with Crippen molar-refractivity contribution in [3.05, 3.63) is 35.5 Å². The zero-order valence-electron chi connectivity index (χ0n) is 9.89. The lowest BCUT2D eigenvalue weighted by molar-refractivity contribution is 0.664. The minimum absolute atomic E-state index is 0.707. The summed E-state index contributed by atoms with van der Waals surface area (Å²) in [4.78, 5) is 0. The van der Waals surface area contributed by atoms with Crippen molar-refractivity contribution in [1.29, 1.82) is 0 Å². The van der Waals surface area contributed by atoms with Gasteiger partial charge in [-0.25, -0.2) is 0 Å². The van der Waals surface area contributed by atoms with Crippen LogP contribution in [0.4, 0.5) is 0 Å². The van der Waals surface area contributed by atoms with E-state index < -0.39 is 0 Å². The summed E-state index contributed by atoms with van der Waals surface area (Å²) in [6.07, 6.45) is 13.9. The average Bonchev–Trinajstić information content (AvgIpc) is 2.68. The number of rotatable bonds is 0. The van der Waals surface area contributed by atoms with Crippen LogP contribution in [0.5, 0.6) is 0 Å². The molecule has 0 radical (unpaired) electrons. The Morgan fingerprint density at radius 2 is 2.07 bits per heavy atom. The van der Waals surface area contributed by atoms with E-state index in [1.54, 1.807) is 11.1 Å². The summed E-state index contributed by atoms with van der Waals surface area (Å²) < 4.78 is 0. The van der Waals surface area contributed by atoms with Gasteiger partial charge in [-0.15, -0.1) is 0 Å². The summed E-state index contributed by atoms with van der Waals surface area (Å²) in [6.45, 7) is 6.53. The number of fused-ring (bicyclic) bond motifs is 1. The minimum Gasteiger partial charge on any atom is -0.0993 e. The van der Waals surface area contributed by atoms with Gasteiger partial charge in [-0.2, -0.15) is 0 Å². The lowest BCUT2D eigenvalue weighted by atomic mass is 9.95. The molecule has 0 saturated heterocycles. The Labute approximate surface area is 93.8 Å². The van der Waals surface area contributed by atoms with Gasteiger partial charge in [0.25, 0.3) is 0 Å². The maximum Gasteiger partial charge on any atom is -0.00203 e. The molecule has 2 aliphatic carbocycles. The molecule has 1 atom stereocenters. The van der Waals surface area contributed by atoms with Crippen molar-refractivity contribution in [1.82, 2.24) is 0 Å². The molecule has 0 fully saturated rings. The molecule has 0 amide bonds. The van der Waals surface area contributed by atoms with Crippen LogP contribution >= 0.6 is 0 Å². The fraction of sp³-hybridized carbons (Fsp3) is 0.600. The van der Waals surface area contributed by atoms with Crippen LogP contribution in [0.15, 0.2) is 35.5 Å². The van der Waals surface area contributed by atoms with E-state index >= 15 is 0 Å². The molecule has 0 N–H and O–H groups in total. The van der Waals surface area contributed by atoms with Gasteiger partial charge in [0, 0.05) is 0 Å². The van der Waals surface area contributed by atoms with Gasteiger partial charge in [0.05, 0.1) is 0 Å². The third kappa shape index (κ3) is 2.84. The van der Waals surface area contributed by atoms with Crippen LogP contribution in [-0.4, -0.2) is 0 Å². The van der Waals surface area contributed by atoms with Crippen LogP contribution in [0, 0.1) is 5.92 Å². The molecule has 15 heavy (non-hydrogen) atoms. The largest absolute Gasteiger partial charge is 0.0993 e. The Kier molecular flexibility index (Phi) is 3.45. The summed E-state index contributed by atoms with van der Waals surface area (Å²) in [5.41, 5.74) is 4.72. The van der Waals surface area contributed by atoms with Crippen LogP contribution in [0.25, 0.3) is 0 Å². The van der Waals surface area contributed by atoms with E-state index in [4.69, 9.17) is 0 Å². The third-order valence-corrected chi connectivity index (χ3v) is 3.77. The Bertz CT molecular complexity index is 304. The first kappa shape index (κ1) is 10.7. The monoisotopic (exact) mass is 202 g/mol. The van der Waals surface area contributed by atoms with E-state index in [0.717, 1.165) is 0 Å². The first-order valence-corrected chi connectivity index (χ1v) is 6.28. The molecule has 2 rings (SSSR count). The lowest BCUT2D eigenvalue weighted by Gasteiger charge is -2.10. The molecule has 0 aromatic carbocycles. The zero-order valence-corrected chi connectivity index (χ0v) is 9.89. The second-order valence-electron chi connectivity index (χ2n) is 5.07. The van der Waals surface area contributed by atoms with Gasteiger partial charge in [-0.05, 0) is 57.8 Å². The Morgan fingerprint density at radius 3 is 2.93 bits per heavy atom. The zero-order chi connectivity index (χ0) is 10.7. The Morgan fingerprint density at radius 1 is 1.20 bits per heavy atom. The quantitative estimate of drug-likeness (QED) is 0.495. The van der Waals surface area contributed by atoms with Crippen molar-refractivity contribution in [3.8, 4) is 0 Å². The summed E-state index contributed by atoms with van der Waals surface area (Å²) in [5, 5.41) is 0. The first-order valence-electron chi connectivity index (χ1n) is 6.28. The molecule has 0 nitrogen and oxygen atoms in total. The normalized spacial score (nSPS) is 31.5.